The molecule has 0 radical (unpaired) electrons. The number of benzene rings is 1. The fourth-order valence-electron chi connectivity index (χ4n) is 2.77. The highest BCUT2D eigenvalue weighted by atomic mass is 79.9. The Morgan fingerprint density at radius 1 is 1.42 bits per heavy atom. The smallest absolute Gasteiger partial charge is 0.114 e. The van der Waals surface area contributed by atoms with Crippen LogP contribution in [0, 0.1) is 6.92 Å². The van der Waals surface area contributed by atoms with Crippen LogP contribution in [0.5, 0.6) is 0 Å². The molecule has 0 amide bonds. The summed E-state index contributed by atoms with van der Waals surface area (Å²) in [6.07, 6.45) is 3.55. The van der Waals surface area contributed by atoms with Crippen LogP contribution in [0.25, 0.3) is 11.3 Å². The average molecular weight is 320 g/mol. The number of nitrogens with zero attached hydrogens (tertiary/aromatic N) is 1. The quantitative estimate of drug-likeness (QED) is 0.909. The van der Waals surface area contributed by atoms with E-state index >= 15 is 0 Å². The lowest BCUT2D eigenvalue weighted by atomic mass is 9.68. The predicted molar refractivity (Wildman–Crippen MR) is 81.0 cm³/mol. The number of aromatic amines is 1. The van der Waals surface area contributed by atoms with E-state index in [4.69, 9.17) is 10.7 Å². The zero-order valence-corrected chi connectivity index (χ0v) is 12.6. The molecular formula is C15H18BrN3. The van der Waals surface area contributed by atoms with Crippen molar-refractivity contribution in [1.29, 1.82) is 0 Å². The molecule has 100 valence electrons. The van der Waals surface area contributed by atoms with Crippen molar-refractivity contribution in [2.45, 2.75) is 31.6 Å². The molecule has 19 heavy (non-hydrogen) atoms. The Hall–Kier alpha value is -1.13. The summed E-state index contributed by atoms with van der Waals surface area (Å²) in [5.74, 6) is 1.06. The molecule has 0 aliphatic heterocycles. The summed E-state index contributed by atoms with van der Waals surface area (Å²) >= 11 is 3.51. The Labute approximate surface area is 121 Å². The lowest BCUT2D eigenvalue weighted by Gasteiger charge is -2.39. The molecule has 3 rings (SSSR count). The highest BCUT2D eigenvalue weighted by molar-refractivity contribution is 9.10. The van der Waals surface area contributed by atoms with Crippen LogP contribution >= 0.6 is 15.9 Å². The number of hydrogen-bond acceptors (Lipinski definition) is 2. The monoisotopic (exact) mass is 319 g/mol. The van der Waals surface area contributed by atoms with Gasteiger partial charge in [0.05, 0.1) is 5.69 Å². The minimum atomic E-state index is 0.0923. The number of nitrogens with one attached hydrogen (secondary N) is 1. The predicted octanol–water partition coefficient (Wildman–Crippen LogP) is 3.53. The number of halogens is 1. The minimum Gasteiger partial charge on any atom is -0.345 e. The lowest BCUT2D eigenvalue weighted by molar-refractivity contribution is 0.239. The third-order valence-corrected chi connectivity index (χ3v) is 4.68. The van der Waals surface area contributed by atoms with Crippen molar-refractivity contribution in [3.8, 4) is 11.3 Å². The molecule has 0 bridgehead atoms. The van der Waals surface area contributed by atoms with Crippen molar-refractivity contribution in [3.05, 3.63) is 40.3 Å². The van der Waals surface area contributed by atoms with Crippen LogP contribution in [0.1, 0.15) is 30.8 Å². The standard InChI is InChI=1S/C15H18BrN3/c1-10-13(11-4-2-5-12(16)8-11)19-14(18-10)15(9-17)6-3-7-15/h2,4-5,8H,3,6-7,9,17H2,1H3,(H,18,19). The van der Waals surface area contributed by atoms with Crippen molar-refractivity contribution in [2.75, 3.05) is 6.54 Å². The normalized spacial score (nSPS) is 17.2. The molecule has 0 unspecified atom stereocenters. The maximum atomic E-state index is 5.96. The fourth-order valence-corrected chi connectivity index (χ4v) is 3.17. The summed E-state index contributed by atoms with van der Waals surface area (Å²) in [7, 11) is 0. The van der Waals surface area contributed by atoms with Crippen LogP contribution in [0.2, 0.25) is 0 Å². The summed E-state index contributed by atoms with van der Waals surface area (Å²) in [4.78, 5) is 8.28. The van der Waals surface area contributed by atoms with Crippen molar-refractivity contribution < 1.29 is 0 Å². The Bertz CT molecular complexity index is 594. The number of rotatable bonds is 3. The van der Waals surface area contributed by atoms with E-state index < -0.39 is 0 Å². The van der Waals surface area contributed by atoms with Crippen LogP contribution in [0.4, 0.5) is 0 Å². The third-order valence-electron chi connectivity index (χ3n) is 4.19. The lowest BCUT2D eigenvalue weighted by Crippen LogP contribution is -2.42. The molecule has 1 heterocycles. The van der Waals surface area contributed by atoms with Crippen LogP contribution in [0.15, 0.2) is 28.7 Å². The van der Waals surface area contributed by atoms with E-state index in [1.54, 1.807) is 0 Å². The second-order valence-electron chi connectivity index (χ2n) is 5.41. The highest BCUT2D eigenvalue weighted by Gasteiger charge is 2.40. The van der Waals surface area contributed by atoms with Gasteiger partial charge < -0.3 is 10.7 Å². The van der Waals surface area contributed by atoms with Gasteiger partial charge in [-0.15, -0.1) is 0 Å². The summed E-state index contributed by atoms with van der Waals surface area (Å²) in [6.45, 7) is 2.76. The molecule has 1 aromatic heterocycles. The number of nitrogens with two attached hydrogens (primary N) is 1. The van der Waals surface area contributed by atoms with E-state index in [2.05, 4.69) is 40.0 Å². The van der Waals surface area contributed by atoms with E-state index in [0.29, 0.717) is 6.54 Å². The summed E-state index contributed by atoms with van der Waals surface area (Å²) in [5, 5.41) is 0. The number of aryl methyl sites for hydroxylation is 1. The van der Waals surface area contributed by atoms with Gasteiger partial charge in [0.15, 0.2) is 0 Å². The van der Waals surface area contributed by atoms with Gasteiger partial charge in [-0.2, -0.15) is 0 Å². The molecule has 1 aliphatic carbocycles. The first kappa shape index (κ1) is 12.9. The summed E-state index contributed by atoms with van der Waals surface area (Å²) in [6, 6.07) is 8.26. The van der Waals surface area contributed by atoms with Gasteiger partial charge in [0.25, 0.3) is 0 Å². The van der Waals surface area contributed by atoms with Crippen molar-refractivity contribution in [3.63, 3.8) is 0 Å². The fraction of sp³-hybridized carbons (Fsp3) is 0.400. The van der Waals surface area contributed by atoms with Crippen molar-refractivity contribution in [2.24, 2.45) is 5.73 Å². The zero-order valence-electron chi connectivity index (χ0n) is 11.0. The molecule has 0 spiro atoms. The van der Waals surface area contributed by atoms with E-state index in [1.165, 1.54) is 6.42 Å². The minimum absolute atomic E-state index is 0.0923. The number of aromatic nitrogens is 2. The molecule has 0 atom stereocenters. The van der Waals surface area contributed by atoms with E-state index in [-0.39, 0.29) is 5.41 Å². The van der Waals surface area contributed by atoms with E-state index in [1.807, 2.05) is 12.1 Å². The third kappa shape index (κ3) is 2.13. The molecule has 1 saturated carbocycles. The van der Waals surface area contributed by atoms with E-state index in [0.717, 1.165) is 40.1 Å². The summed E-state index contributed by atoms with van der Waals surface area (Å²) < 4.78 is 1.08. The van der Waals surface area contributed by atoms with Gasteiger partial charge in [-0.25, -0.2) is 4.98 Å². The first-order valence-corrected chi connectivity index (χ1v) is 7.47. The second-order valence-corrected chi connectivity index (χ2v) is 6.32. The number of imidazole rings is 1. The van der Waals surface area contributed by atoms with Gasteiger partial charge in [0, 0.05) is 27.7 Å². The van der Waals surface area contributed by atoms with Gasteiger partial charge in [-0.05, 0) is 31.9 Å². The average Bonchev–Trinajstić information content (AvgIpc) is 2.71. The first-order chi connectivity index (χ1) is 9.14. The Morgan fingerprint density at radius 2 is 2.21 bits per heavy atom. The SMILES string of the molecule is Cc1[nH]c(C2(CN)CCC2)nc1-c1cccc(Br)c1. The van der Waals surface area contributed by atoms with Crippen molar-refractivity contribution in [1.82, 2.24) is 9.97 Å². The molecule has 1 fully saturated rings. The second kappa shape index (κ2) is 4.76. The molecule has 4 heteroatoms. The van der Waals surface area contributed by atoms with Gasteiger partial charge in [0.1, 0.15) is 5.82 Å². The molecule has 0 saturated heterocycles. The van der Waals surface area contributed by atoms with E-state index in [9.17, 15) is 0 Å². The molecule has 3 nitrogen and oxygen atoms in total. The molecule has 1 aliphatic rings. The van der Waals surface area contributed by atoms with Gasteiger partial charge in [-0.3, -0.25) is 0 Å². The maximum Gasteiger partial charge on any atom is 0.114 e. The molecule has 2 aromatic rings. The molecule has 1 aromatic carbocycles. The Balaban J connectivity index is 2.02. The van der Waals surface area contributed by atoms with Crippen LogP contribution < -0.4 is 5.73 Å². The largest absolute Gasteiger partial charge is 0.345 e. The van der Waals surface area contributed by atoms with Gasteiger partial charge >= 0.3 is 0 Å². The maximum absolute atomic E-state index is 5.96. The molecular weight excluding hydrogens is 302 g/mol. The Morgan fingerprint density at radius 3 is 2.79 bits per heavy atom. The molecule has 3 N–H and O–H groups in total. The number of hydrogen-bond donors (Lipinski definition) is 2. The van der Waals surface area contributed by atoms with Crippen molar-refractivity contribution >= 4 is 15.9 Å². The highest BCUT2D eigenvalue weighted by Crippen LogP contribution is 2.42. The zero-order chi connectivity index (χ0) is 13.5. The number of H-pyrrole nitrogens is 1. The van der Waals surface area contributed by atoms with Gasteiger partial charge in [0.2, 0.25) is 0 Å². The van der Waals surface area contributed by atoms with Crippen LogP contribution in [0.3, 0.4) is 0 Å². The summed E-state index contributed by atoms with van der Waals surface area (Å²) in [5.41, 5.74) is 9.34. The van der Waals surface area contributed by atoms with Crippen LogP contribution in [-0.2, 0) is 5.41 Å². The topological polar surface area (TPSA) is 54.7 Å². The van der Waals surface area contributed by atoms with Crippen LogP contribution in [-0.4, -0.2) is 16.5 Å². The first-order valence-electron chi connectivity index (χ1n) is 6.68. The Kier molecular flexibility index (Phi) is 3.23. The van der Waals surface area contributed by atoms with Gasteiger partial charge in [-0.1, -0.05) is 34.5 Å².